The minimum absolute atomic E-state index is 0.222. The lowest BCUT2D eigenvalue weighted by Gasteiger charge is -2.39. The molecule has 1 rings (SSSR count). The predicted molar refractivity (Wildman–Crippen MR) is 210 cm³/mol. The summed E-state index contributed by atoms with van der Waals surface area (Å²) in [5.41, 5.74) is 0. The topological polar surface area (TPSA) is 152 Å². The van der Waals surface area contributed by atoms with Crippen molar-refractivity contribution in [3.05, 3.63) is 48.6 Å². The molecule has 6 atom stereocenters. The molecular formula is C43H74O10. The Labute approximate surface area is 320 Å². The lowest BCUT2D eigenvalue weighted by Crippen LogP contribution is -2.59. The van der Waals surface area contributed by atoms with E-state index in [2.05, 4.69) is 62.5 Å². The van der Waals surface area contributed by atoms with E-state index in [4.69, 9.17) is 18.9 Å². The predicted octanol–water partition coefficient (Wildman–Crippen LogP) is 8.10. The van der Waals surface area contributed by atoms with Crippen molar-refractivity contribution >= 4 is 11.9 Å². The summed E-state index contributed by atoms with van der Waals surface area (Å²) < 4.78 is 22.0. The van der Waals surface area contributed by atoms with E-state index in [1.54, 1.807) is 0 Å². The smallest absolute Gasteiger partial charge is 0.306 e. The van der Waals surface area contributed by atoms with Crippen molar-refractivity contribution in [1.82, 2.24) is 0 Å². The van der Waals surface area contributed by atoms with Crippen LogP contribution in [0.15, 0.2) is 48.6 Å². The molecule has 306 valence electrons. The maximum absolute atomic E-state index is 12.7. The molecule has 10 heteroatoms. The maximum atomic E-state index is 12.7. The summed E-state index contributed by atoms with van der Waals surface area (Å²) in [6.07, 6.45) is 31.3. The highest BCUT2D eigenvalue weighted by atomic mass is 16.7. The van der Waals surface area contributed by atoms with Gasteiger partial charge in [-0.05, 0) is 57.8 Å². The molecule has 53 heavy (non-hydrogen) atoms. The fourth-order valence-corrected chi connectivity index (χ4v) is 5.88. The molecule has 0 aromatic carbocycles. The third kappa shape index (κ3) is 26.2. The molecule has 2 unspecified atom stereocenters. The second-order valence-electron chi connectivity index (χ2n) is 14.1. The molecular weight excluding hydrogens is 676 g/mol. The first-order chi connectivity index (χ1) is 25.8. The molecule has 4 N–H and O–H groups in total. The van der Waals surface area contributed by atoms with E-state index in [1.165, 1.54) is 57.8 Å². The first-order valence-corrected chi connectivity index (χ1v) is 20.7. The molecule has 0 aromatic heterocycles. The summed E-state index contributed by atoms with van der Waals surface area (Å²) in [4.78, 5) is 25.2. The van der Waals surface area contributed by atoms with Crippen LogP contribution in [-0.2, 0) is 28.5 Å². The van der Waals surface area contributed by atoms with Crippen LogP contribution < -0.4 is 0 Å². The molecule has 10 nitrogen and oxygen atoms in total. The summed E-state index contributed by atoms with van der Waals surface area (Å²) in [5.74, 6) is -0.848. The molecule has 1 heterocycles. The van der Waals surface area contributed by atoms with E-state index in [0.29, 0.717) is 12.8 Å². The number of aliphatic hydroxyl groups is 4. The van der Waals surface area contributed by atoms with Crippen molar-refractivity contribution in [3.63, 3.8) is 0 Å². The third-order valence-electron chi connectivity index (χ3n) is 9.22. The van der Waals surface area contributed by atoms with Crippen LogP contribution in [0.4, 0.5) is 0 Å². The standard InChI is InChI=1S/C43H74O10/c1-3-5-7-9-11-13-14-15-16-17-18-19-20-21-22-24-25-27-29-31-38(45)50-34-36(35-51-43-42(49)41(48)40(47)37(33-44)53-43)52-39(46)32-30-28-26-23-12-10-8-6-4-2/h11,13,15-16,18-19,21-22,36-37,40-44,47-49H,3-10,12,14,17,20,23-35H2,1-2H3/b13-11+,16-15+,19-18+,22-21+/t36-,37-,40+,41?,42?,43-/m0/s1. The van der Waals surface area contributed by atoms with Gasteiger partial charge in [-0.25, -0.2) is 0 Å². The van der Waals surface area contributed by atoms with Gasteiger partial charge in [0.1, 0.15) is 31.0 Å². The number of carbonyl (C=O) groups excluding carboxylic acids is 2. The number of esters is 2. The first-order valence-electron chi connectivity index (χ1n) is 20.7. The van der Waals surface area contributed by atoms with E-state index in [1.807, 2.05) is 0 Å². The van der Waals surface area contributed by atoms with Gasteiger partial charge in [-0.1, -0.05) is 133 Å². The molecule has 1 aliphatic rings. The van der Waals surface area contributed by atoms with E-state index in [-0.39, 0.29) is 26.1 Å². The van der Waals surface area contributed by atoms with E-state index in [9.17, 15) is 30.0 Å². The highest BCUT2D eigenvalue weighted by Gasteiger charge is 2.44. The largest absolute Gasteiger partial charge is 0.462 e. The van der Waals surface area contributed by atoms with Crippen LogP contribution in [0, 0.1) is 0 Å². The molecule has 0 aromatic rings. The van der Waals surface area contributed by atoms with Gasteiger partial charge in [0, 0.05) is 12.8 Å². The Balaban J connectivity index is 2.36. The third-order valence-corrected chi connectivity index (χ3v) is 9.22. The zero-order valence-corrected chi connectivity index (χ0v) is 33.0. The van der Waals surface area contributed by atoms with Crippen molar-refractivity contribution in [1.29, 1.82) is 0 Å². The molecule has 1 saturated heterocycles. The zero-order chi connectivity index (χ0) is 38.8. The summed E-state index contributed by atoms with van der Waals surface area (Å²) in [5, 5.41) is 39.9. The van der Waals surface area contributed by atoms with Crippen molar-refractivity contribution in [2.45, 2.75) is 192 Å². The van der Waals surface area contributed by atoms with Gasteiger partial charge in [-0.3, -0.25) is 9.59 Å². The number of rotatable bonds is 33. The van der Waals surface area contributed by atoms with Gasteiger partial charge in [-0.2, -0.15) is 0 Å². The quantitative estimate of drug-likeness (QED) is 0.0294. The average molecular weight is 751 g/mol. The molecule has 0 spiro atoms. The zero-order valence-electron chi connectivity index (χ0n) is 33.0. The fourth-order valence-electron chi connectivity index (χ4n) is 5.88. The SMILES string of the molecule is CCCCC/C=C/C/C=C/C/C=C/C/C=C/CCCCCC(=O)OC[C@@H](CO[C@H]1O[C@@H](CO)[C@@H](O)C(O)C1O)OC(=O)CCCCCCCCCCC. The number of aliphatic hydroxyl groups excluding tert-OH is 4. The van der Waals surface area contributed by atoms with E-state index < -0.39 is 55.4 Å². The fraction of sp³-hybridized carbons (Fsp3) is 0.767. The lowest BCUT2D eigenvalue weighted by atomic mass is 9.99. The Morgan fingerprint density at radius 2 is 1.06 bits per heavy atom. The van der Waals surface area contributed by atoms with Crippen molar-refractivity contribution in [3.8, 4) is 0 Å². The average Bonchev–Trinajstić information content (AvgIpc) is 3.15. The van der Waals surface area contributed by atoms with E-state index >= 15 is 0 Å². The van der Waals surface area contributed by atoms with Crippen LogP contribution in [0.25, 0.3) is 0 Å². The van der Waals surface area contributed by atoms with Crippen LogP contribution in [0.3, 0.4) is 0 Å². The van der Waals surface area contributed by atoms with Gasteiger partial charge in [0.25, 0.3) is 0 Å². The van der Waals surface area contributed by atoms with Gasteiger partial charge in [0.05, 0.1) is 13.2 Å². The lowest BCUT2D eigenvalue weighted by molar-refractivity contribution is -0.305. The van der Waals surface area contributed by atoms with Crippen molar-refractivity contribution in [2.24, 2.45) is 0 Å². The molecule has 0 bridgehead atoms. The Morgan fingerprint density at radius 3 is 1.62 bits per heavy atom. The van der Waals surface area contributed by atoms with Crippen molar-refractivity contribution in [2.75, 3.05) is 19.8 Å². The normalized spacial score (nSPS) is 21.4. The number of allylic oxidation sites excluding steroid dienone is 8. The number of hydrogen-bond donors (Lipinski definition) is 4. The summed E-state index contributed by atoms with van der Waals surface area (Å²) in [6, 6.07) is 0. The summed E-state index contributed by atoms with van der Waals surface area (Å²) >= 11 is 0. The Bertz CT molecular complexity index is 1010. The number of ether oxygens (including phenoxy) is 4. The molecule has 0 amide bonds. The highest BCUT2D eigenvalue weighted by molar-refractivity contribution is 5.70. The molecule has 1 fully saturated rings. The van der Waals surface area contributed by atoms with E-state index in [0.717, 1.165) is 57.8 Å². The van der Waals surface area contributed by atoms with Gasteiger partial charge >= 0.3 is 11.9 Å². The summed E-state index contributed by atoms with van der Waals surface area (Å²) in [7, 11) is 0. The van der Waals surface area contributed by atoms with Gasteiger partial charge < -0.3 is 39.4 Å². The van der Waals surface area contributed by atoms with Crippen molar-refractivity contribution < 1.29 is 49.0 Å². The minimum Gasteiger partial charge on any atom is -0.462 e. The molecule has 0 aliphatic carbocycles. The maximum Gasteiger partial charge on any atom is 0.306 e. The highest BCUT2D eigenvalue weighted by Crippen LogP contribution is 2.22. The van der Waals surface area contributed by atoms with Crippen LogP contribution in [-0.4, -0.2) is 89.0 Å². The second-order valence-corrected chi connectivity index (χ2v) is 14.1. The Kier molecular flexibility index (Phi) is 31.4. The summed E-state index contributed by atoms with van der Waals surface area (Å²) in [6.45, 7) is 3.32. The van der Waals surface area contributed by atoms with Crippen LogP contribution in [0.5, 0.6) is 0 Å². The van der Waals surface area contributed by atoms with Gasteiger partial charge in [0.2, 0.25) is 0 Å². The van der Waals surface area contributed by atoms with Gasteiger partial charge in [0.15, 0.2) is 12.4 Å². The minimum atomic E-state index is -1.60. The molecule has 0 radical (unpaired) electrons. The Hall–Kier alpha value is -2.34. The number of hydrogen-bond acceptors (Lipinski definition) is 10. The molecule has 0 saturated carbocycles. The van der Waals surface area contributed by atoms with Crippen LogP contribution in [0.2, 0.25) is 0 Å². The Morgan fingerprint density at radius 1 is 0.585 bits per heavy atom. The number of carbonyl (C=O) groups is 2. The molecule has 1 aliphatic heterocycles. The second kappa shape index (κ2) is 34.2. The van der Waals surface area contributed by atoms with Crippen LogP contribution >= 0.6 is 0 Å². The first kappa shape index (κ1) is 48.7. The number of unbranched alkanes of at least 4 members (excludes halogenated alkanes) is 14. The van der Waals surface area contributed by atoms with Crippen LogP contribution in [0.1, 0.15) is 155 Å². The van der Waals surface area contributed by atoms with Gasteiger partial charge in [-0.15, -0.1) is 0 Å². The monoisotopic (exact) mass is 751 g/mol.